The number of unbranched alkanes of at least 4 members (excludes halogenated alkanes) is 2. The number of ether oxygens (including phenoxy) is 1. The number of hydrogen-bond acceptors (Lipinski definition) is 4. The third kappa shape index (κ3) is 8.30. The van der Waals surface area contributed by atoms with Crippen molar-refractivity contribution in [3.8, 4) is 0 Å². The van der Waals surface area contributed by atoms with Gasteiger partial charge >= 0.3 is 11.9 Å². The van der Waals surface area contributed by atoms with Gasteiger partial charge in [0.25, 0.3) is 0 Å². The maximum absolute atomic E-state index is 11.8. The first kappa shape index (κ1) is 19.4. The first-order valence-corrected chi connectivity index (χ1v) is 7.21. The quantitative estimate of drug-likeness (QED) is 0.402. The third-order valence-electron chi connectivity index (χ3n) is 3.16. The zero-order valence-corrected chi connectivity index (χ0v) is 13.7. The van der Waals surface area contributed by atoms with E-state index < -0.39 is 5.97 Å². The van der Waals surface area contributed by atoms with Crippen molar-refractivity contribution in [2.24, 2.45) is 0 Å². The lowest BCUT2D eigenvalue weighted by Gasteiger charge is -2.21. The summed E-state index contributed by atoms with van der Waals surface area (Å²) in [7, 11) is 3.63. The second kappa shape index (κ2) is 10.2. The van der Waals surface area contributed by atoms with Gasteiger partial charge in [0.1, 0.15) is 6.61 Å². The van der Waals surface area contributed by atoms with Gasteiger partial charge in [-0.05, 0) is 34.4 Å². The van der Waals surface area contributed by atoms with Crippen molar-refractivity contribution < 1.29 is 19.4 Å². The minimum Gasteiger partial charge on any atom is -0.478 e. The van der Waals surface area contributed by atoms with Crippen LogP contribution in [-0.4, -0.2) is 48.7 Å². The highest BCUT2D eigenvalue weighted by Gasteiger charge is 2.14. The van der Waals surface area contributed by atoms with Gasteiger partial charge < -0.3 is 9.84 Å². The summed E-state index contributed by atoms with van der Waals surface area (Å²) in [6.45, 7) is 5.49. The van der Waals surface area contributed by atoms with Gasteiger partial charge in [0.05, 0.1) is 6.04 Å². The summed E-state index contributed by atoms with van der Waals surface area (Å²) in [6, 6.07) is -0.256. The summed E-state index contributed by atoms with van der Waals surface area (Å²) in [4.78, 5) is 24.5. The Morgan fingerprint density at radius 1 is 1.24 bits per heavy atom. The summed E-state index contributed by atoms with van der Waals surface area (Å²) >= 11 is 0. The Bertz CT molecular complexity index is 411. The molecule has 0 radical (unpaired) electrons. The molecule has 0 saturated carbocycles. The smallest absolute Gasteiger partial charge is 0.333 e. The summed E-state index contributed by atoms with van der Waals surface area (Å²) in [6.07, 6.45) is 6.47. The van der Waals surface area contributed by atoms with Crippen LogP contribution in [0.25, 0.3) is 0 Å². The van der Waals surface area contributed by atoms with Gasteiger partial charge in [-0.1, -0.05) is 31.9 Å². The number of hydrogen-bond donors (Lipinski definition) is 1. The fourth-order valence-corrected chi connectivity index (χ4v) is 1.59. The average Bonchev–Trinajstić information content (AvgIpc) is 2.42. The van der Waals surface area contributed by atoms with E-state index in [0.717, 1.165) is 19.3 Å². The van der Waals surface area contributed by atoms with Gasteiger partial charge in [-0.3, -0.25) is 4.90 Å². The Hall–Kier alpha value is -1.62. The molecular weight excluding hydrogens is 270 g/mol. The minimum atomic E-state index is -0.969. The number of carbonyl (C=O) groups excluding carboxylic acids is 1. The molecule has 0 heterocycles. The normalized spacial score (nSPS) is 14.2. The molecule has 1 N–H and O–H groups in total. The van der Waals surface area contributed by atoms with Crippen LogP contribution in [0.2, 0.25) is 0 Å². The van der Waals surface area contributed by atoms with E-state index in [1.807, 2.05) is 25.1 Å². The highest BCUT2D eigenvalue weighted by Crippen LogP contribution is 2.06. The molecule has 0 fully saturated rings. The SMILES string of the molecule is CCCCC=C(C)C(=O)OCC(C=C(C)C(=O)O)N(C)C. The highest BCUT2D eigenvalue weighted by atomic mass is 16.5. The van der Waals surface area contributed by atoms with Crippen molar-refractivity contribution in [2.45, 2.75) is 46.1 Å². The number of carbonyl (C=O) groups is 2. The molecule has 0 aromatic carbocycles. The van der Waals surface area contributed by atoms with Crippen molar-refractivity contribution in [1.82, 2.24) is 4.90 Å². The number of carboxylic acids is 1. The predicted octanol–water partition coefficient (Wildman–Crippen LogP) is 2.63. The van der Waals surface area contributed by atoms with E-state index in [4.69, 9.17) is 9.84 Å². The van der Waals surface area contributed by atoms with Crippen molar-refractivity contribution in [3.63, 3.8) is 0 Å². The molecule has 0 spiro atoms. The zero-order valence-electron chi connectivity index (χ0n) is 13.7. The standard InChI is InChI=1S/C16H27NO4/c1-6-7-8-9-12(2)16(20)21-11-14(17(4)5)10-13(3)15(18)19/h9-10,14H,6-8,11H2,1-5H3,(H,18,19). The van der Waals surface area contributed by atoms with Gasteiger partial charge in [0.15, 0.2) is 0 Å². The number of rotatable bonds is 9. The fourth-order valence-electron chi connectivity index (χ4n) is 1.59. The molecule has 0 aliphatic rings. The van der Waals surface area contributed by atoms with Gasteiger partial charge in [0, 0.05) is 11.1 Å². The van der Waals surface area contributed by atoms with Crippen LogP contribution in [0.1, 0.15) is 40.0 Å². The Balaban J connectivity index is 4.56. The van der Waals surface area contributed by atoms with Gasteiger partial charge in [0.2, 0.25) is 0 Å². The summed E-state index contributed by atoms with van der Waals surface area (Å²) in [5.41, 5.74) is 0.833. The molecule has 0 saturated heterocycles. The zero-order chi connectivity index (χ0) is 16.4. The predicted molar refractivity (Wildman–Crippen MR) is 83.1 cm³/mol. The Kier molecular flexibility index (Phi) is 9.37. The molecule has 0 aromatic rings. The molecule has 1 atom stereocenters. The number of esters is 1. The molecule has 0 aliphatic heterocycles. The van der Waals surface area contributed by atoms with Crippen LogP contribution < -0.4 is 0 Å². The highest BCUT2D eigenvalue weighted by molar-refractivity contribution is 5.88. The average molecular weight is 297 g/mol. The molecule has 0 bridgehead atoms. The van der Waals surface area contributed by atoms with Gasteiger partial charge in [-0.2, -0.15) is 0 Å². The maximum atomic E-state index is 11.8. The monoisotopic (exact) mass is 297 g/mol. The van der Waals surface area contributed by atoms with Crippen LogP contribution >= 0.6 is 0 Å². The molecule has 5 nitrogen and oxygen atoms in total. The molecule has 0 aromatic heterocycles. The van der Waals surface area contributed by atoms with Gasteiger partial charge in [-0.25, -0.2) is 9.59 Å². The van der Waals surface area contributed by atoms with Crippen molar-refractivity contribution >= 4 is 11.9 Å². The summed E-state index contributed by atoms with van der Waals surface area (Å²) in [5, 5.41) is 8.90. The van der Waals surface area contributed by atoms with Crippen LogP contribution in [0.4, 0.5) is 0 Å². The van der Waals surface area contributed by atoms with E-state index in [9.17, 15) is 9.59 Å². The van der Waals surface area contributed by atoms with Crippen molar-refractivity contribution in [1.29, 1.82) is 0 Å². The molecule has 1 unspecified atom stereocenters. The second-order valence-corrected chi connectivity index (χ2v) is 5.31. The number of carboxylic acid groups (broad SMARTS) is 1. The first-order chi connectivity index (χ1) is 9.79. The largest absolute Gasteiger partial charge is 0.478 e. The molecule has 21 heavy (non-hydrogen) atoms. The van der Waals surface area contributed by atoms with Crippen LogP contribution in [0, 0.1) is 0 Å². The molecular formula is C16H27NO4. The van der Waals surface area contributed by atoms with E-state index in [1.165, 1.54) is 6.92 Å². The molecule has 120 valence electrons. The third-order valence-corrected chi connectivity index (χ3v) is 3.16. The van der Waals surface area contributed by atoms with E-state index in [1.54, 1.807) is 13.0 Å². The molecule has 0 rings (SSSR count). The Morgan fingerprint density at radius 3 is 2.33 bits per heavy atom. The van der Waals surface area contributed by atoms with Crippen molar-refractivity contribution in [2.75, 3.05) is 20.7 Å². The van der Waals surface area contributed by atoms with E-state index >= 15 is 0 Å². The van der Waals surface area contributed by atoms with Crippen LogP contribution in [0.3, 0.4) is 0 Å². The van der Waals surface area contributed by atoms with E-state index in [0.29, 0.717) is 5.57 Å². The first-order valence-electron chi connectivity index (χ1n) is 7.21. The second-order valence-electron chi connectivity index (χ2n) is 5.31. The number of allylic oxidation sites excluding steroid dienone is 1. The maximum Gasteiger partial charge on any atom is 0.333 e. The van der Waals surface area contributed by atoms with Crippen LogP contribution in [0.15, 0.2) is 23.3 Å². The summed E-state index contributed by atoms with van der Waals surface area (Å²) in [5.74, 6) is -1.32. The number of likely N-dealkylation sites (N-methyl/N-ethyl adjacent to an activating group) is 1. The lowest BCUT2D eigenvalue weighted by Crippen LogP contribution is -2.32. The van der Waals surface area contributed by atoms with Crippen molar-refractivity contribution in [3.05, 3.63) is 23.3 Å². The number of aliphatic carboxylic acids is 1. The molecule has 0 amide bonds. The van der Waals surface area contributed by atoms with Crippen LogP contribution in [-0.2, 0) is 14.3 Å². The summed E-state index contributed by atoms with van der Waals surface area (Å²) < 4.78 is 5.25. The number of nitrogens with zero attached hydrogens (tertiary/aromatic N) is 1. The lowest BCUT2D eigenvalue weighted by molar-refractivity contribution is -0.140. The minimum absolute atomic E-state index is 0.134. The topological polar surface area (TPSA) is 66.8 Å². The van der Waals surface area contributed by atoms with Gasteiger partial charge in [-0.15, -0.1) is 0 Å². The molecule has 5 heteroatoms. The van der Waals surface area contributed by atoms with E-state index in [2.05, 4.69) is 6.92 Å². The fraction of sp³-hybridized carbons (Fsp3) is 0.625. The van der Waals surface area contributed by atoms with Crippen LogP contribution in [0.5, 0.6) is 0 Å². The molecule has 0 aliphatic carbocycles. The van der Waals surface area contributed by atoms with E-state index in [-0.39, 0.29) is 24.2 Å². The Morgan fingerprint density at radius 2 is 1.86 bits per heavy atom. The lowest BCUT2D eigenvalue weighted by atomic mass is 10.1. The Labute approximate surface area is 127 Å².